The third-order valence-corrected chi connectivity index (χ3v) is 4.10. The molecule has 0 heterocycles. The summed E-state index contributed by atoms with van der Waals surface area (Å²) < 4.78 is 13.7. The van der Waals surface area contributed by atoms with E-state index < -0.39 is 0 Å². The van der Waals surface area contributed by atoms with Crippen LogP contribution in [0.2, 0.25) is 0 Å². The largest absolute Gasteiger partial charge is 0.507 e. The van der Waals surface area contributed by atoms with E-state index in [0.717, 1.165) is 17.5 Å². The first-order chi connectivity index (χ1) is 10.5. The Morgan fingerprint density at radius 2 is 1.61 bits per heavy atom. The standard InChI is InChI=1S/C21H27FO/c1-14-9-15(11-17(22)10-14)18-12-16(7-8-19(18)23)21(5,6)13-20(2,3)4/h7-12,23H,13H2,1-6H3. The van der Waals surface area contributed by atoms with Gasteiger partial charge in [-0.05, 0) is 65.1 Å². The number of benzene rings is 2. The highest BCUT2D eigenvalue weighted by Gasteiger charge is 2.28. The van der Waals surface area contributed by atoms with Gasteiger partial charge in [0.2, 0.25) is 0 Å². The maximum Gasteiger partial charge on any atom is 0.124 e. The smallest absolute Gasteiger partial charge is 0.124 e. The molecule has 0 amide bonds. The van der Waals surface area contributed by atoms with Crippen molar-refractivity contribution in [3.8, 4) is 16.9 Å². The molecule has 0 aliphatic rings. The minimum atomic E-state index is -0.279. The van der Waals surface area contributed by atoms with Gasteiger partial charge in [-0.15, -0.1) is 0 Å². The number of aromatic hydroxyl groups is 1. The molecule has 0 aliphatic carbocycles. The van der Waals surface area contributed by atoms with Gasteiger partial charge in [-0.2, -0.15) is 0 Å². The maximum atomic E-state index is 13.7. The van der Waals surface area contributed by atoms with Gasteiger partial charge in [-0.25, -0.2) is 4.39 Å². The second kappa shape index (κ2) is 5.99. The second-order valence-corrected chi connectivity index (χ2v) is 8.37. The predicted molar refractivity (Wildman–Crippen MR) is 95.3 cm³/mol. The topological polar surface area (TPSA) is 20.2 Å². The van der Waals surface area contributed by atoms with Gasteiger partial charge in [0.15, 0.2) is 0 Å². The van der Waals surface area contributed by atoms with Crippen molar-refractivity contribution in [3.63, 3.8) is 0 Å². The van der Waals surface area contributed by atoms with Crippen molar-refractivity contribution in [1.82, 2.24) is 0 Å². The van der Waals surface area contributed by atoms with Crippen LogP contribution in [0.3, 0.4) is 0 Å². The highest BCUT2D eigenvalue weighted by Crippen LogP contribution is 2.40. The van der Waals surface area contributed by atoms with Crippen LogP contribution in [0.15, 0.2) is 36.4 Å². The third-order valence-electron chi connectivity index (χ3n) is 4.10. The number of aryl methyl sites for hydroxylation is 1. The van der Waals surface area contributed by atoms with Gasteiger partial charge in [0.05, 0.1) is 0 Å². The van der Waals surface area contributed by atoms with Crippen LogP contribution < -0.4 is 0 Å². The van der Waals surface area contributed by atoms with Gasteiger partial charge in [-0.3, -0.25) is 0 Å². The van der Waals surface area contributed by atoms with Crippen LogP contribution >= 0.6 is 0 Å². The summed E-state index contributed by atoms with van der Waals surface area (Å²) in [6, 6.07) is 10.6. The molecule has 2 aromatic rings. The fraction of sp³-hybridized carbons (Fsp3) is 0.429. The fourth-order valence-corrected chi connectivity index (χ4v) is 3.51. The van der Waals surface area contributed by atoms with Crippen LogP contribution in [-0.4, -0.2) is 5.11 Å². The number of phenolic OH excluding ortho intramolecular Hbond substituents is 1. The molecule has 0 atom stereocenters. The Morgan fingerprint density at radius 1 is 0.957 bits per heavy atom. The van der Waals surface area contributed by atoms with Crippen LogP contribution in [0.5, 0.6) is 5.75 Å². The molecule has 0 fully saturated rings. The van der Waals surface area contributed by atoms with Crippen LogP contribution in [0, 0.1) is 18.2 Å². The lowest BCUT2D eigenvalue weighted by molar-refractivity contribution is 0.284. The van der Waals surface area contributed by atoms with E-state index >= 15 is 0 Å². The van der Waals surface area contributed by atoms with Gasteiger partial charge >= 0.3 is 0 Å². The van der Waals surface area contributed by atoms with Crippen molar-refractivity contribution < 1.29 is 9.50 Å². The predicted octanol–water partition coefficient (Wildman–Crippen LogP) is 6.22. The lowest BCUT2D eigenvalue weighted by Crippen LogP contribution is -2.24. The van der Waals surface area contributed by atoms with E-state index in [1.807, 2.05) is 25.1 Å². The molecule has 0 aliphatic heterocycles. The van der Waals surface area contributed by atoms with Crippen LogP contribution in [0.4, 0.5) is 4.39 Å². The minimum Gasteiger partial charge on any atom is -0.507 e. The van der Waals surface area contributed by atoms with Gasteiger partial charge in [0, 0.05) is 5.56 Å². The summed E-state index contributed by atoms with van der Waals surface area (Å²) in [7, 11) is 0. The van der Waals surface area contributed by atoms with E-state index in [9.17, 15) is 9.50 Å². The Bertz CT molecular complexity index is 688. The van der Waals surface area contributed by atoms with Crippen LogP contribution in [-0.2, 0) is 5.41 Å². The minimum absolute atomic E-state index is 0.0247. The average molecular weight is 314 g/mol. The van der Waals surface area contributed by atoms with E-state index in [4.69, 9.17) is 0 Å². The summed E-state index contributed by atoms with van der Waals surface area (Å²) in [5.74, 6) is -0.0935. The Kier molecular flexibility index (Phi) is 4.57. The Labute approximate surface area is 139 Å². The van der Waals surface area contributed by atoms with Gasteiger partial charge in [0.25, 0.3) is 0 Å². The second-order valence-electron chi connectivity index (χ2n) is 8.37. The summed E-state index contributed by atoms with van der Waals surface area (Å²) in [6.45, 7) is 13.0. The lowest BCUT2D eigenvalue weighted by Gasteiger charge is -2.33. The zero-order valence-electron chi connectivity index (χ0n) is 15.0. The number of halogens is 1. The molecule has 0 aromatic heterocycles. The molecule has 124 valence electrons. The summed E-state index contributed by atoms with van der Waals surface area (Å²) in [5.41, 5.74) is 3.58. The van der Waals surface area contributed by atoms with Crippen LogP contribution in [0.25, 0.3) is 11.1 Å². The molecule has 0 saturated heterocycles. The van der Waals surface area contributed by atoms with E-state index in [0.29, 0.717) is 11.1 Å². The molecule has 0 saturated carbocycles. The van der Waals surface area contributed by atoms with Crippen molar-refractivity contribution in [2.24, 2.45) is 5.41 Å². The highest BCUT2D eigenvalue weighted by molar-refractivity contribution is 5.71. The molecule has 0 unspecified atom stereocenters. The Morgan fingerprint density at radius 3 is 2.17 bits per heavy atom. The molecule has 0 bridgehead atoms. The molecule has 2 aromatic carbocycles. The number of rotatable bonds is 3. The monoisotopic (exact) mass is 314 g/mol. The molecule has 23 heavy (non-hydrogen) atoms. The molecule has 1 N–H and O–H groups in total. The first-order valence-corrected chi connectivity index (χ1v) is 8.09. The first kappa shape index (κ1) is 17.5. The Balaban J connectivity index is 2.51. The molecule has 2 rings (SSSR count). The molecule has 0 radical (unpaired) electrons. The Hall–Kier alpha value is -1.83. The van der Waals surface area contributed by atoms with E-state index in [2.05, 4.69) is 34.6 Å². The van der Waals surface area contributed by atoms with Gasteiger partial charge in [0.1, 0.15) is 11.6 Å². The summed E-state index contributed by atoms with van der Waals surface area (Å²) >= 11 is 0. The molecule has 1 nitrogen and oxygen atoms in total. The molecule has 2 heteroatoms. The SMILES string of the molecule is Cc1cc(F)cc(-c2cc(C(C)(C)CC(C)(C)C)ccc2O)c1. The quantitative estimate of drug-likeness (QED) is 0.713. The summed E-state index contributed by atoms with van der Waals surface area (Å²) in [5, 5.41) is 10.2. The van der Waals surface area contributed by atoms with E-state index in [1.54, 1.807) is 6.07 Å². The van der Waals surface area contributed by atoms with Crippen molar-refractivity contribution in [1.29, 1.82) is 0 Å². The summed E-state index contributed by atoms with van der Waals surface area (Å²) in [6.07, 6.45) is 1.02. The molecular weight excluding hydrogens is 287 g/mol. The van der Waals surface area contributed by atoms with Crippen molar-refractivity contribution in [2.75, 3.05) is 0 Å². The lowest BCUT2D eigenvalue weighted by atomic mass is 9.72. The number of phenols is 1. The summed E-state index contributed by atoms with van der Waals surface area (Å²) in [4.78, 5) is 0. The van der Waals surface area contributed by atoms with Crippen molar-refractivity contribution >= 4 is 0 Å². The first-order valence-electron chi connectivity index (χ1n) is 8.09. The normalized spacial score (nSPS) is 12.5. The zero-order valence-corrected chi connectivity index (χ0v) is 15.0. The molecular formula is C21H27FO. The van der Waals surface area contributed by atoms with E-state index in [1.165, 1.54) is 12.1 Å². The highest BCUT2D eigenvalue weighted by atomic mass is 19.1. The van der Waals surface area contributed by atoms with Gasteiger partial charge < -0.3 is 5.11 Å². The zero-order chi connectivity index (χ0) is 17.4. The average Bonchev–Trinajstić information content (AvgIpc) is 2.34. The van der Waals surface area contributed by atoms with Crippen molar-refractivity contribution in [2.45, 2.75) is 53.4 Å². The third kappa shape index (κ3) is 4.34. The molecule has 0 spiro atoms. The fourth-order valence-electron chi connectivity index (χ4n) is 3.51. The van der Waals surface area contributed by atoms with E-state index in [-0.39, 0.29) is 22.4 Å². The number of hydrogen-bond acceptors (Lipinski definition) is 1. The van der Waals surface area contributed by atoms with Crippen molar-refractivity contribution in [3.05, 3.63) is 53.3 Å². The van der Waals surface area contributed by atoms with Gasteiger partial charge in [-0.1, -0.05) is 46.8 Å². The maximum absolute atomic E-state index is 13.7. The van der Waals surface area contributed by atoms with Crippen LogP contribution in [0.1, 0.15) is 52.2 Å². The number of hydrogen-bond donors (Lipinski definition) is 1.